The average Bonchev–Trinajstić information content (AvgIpc) is 2.56. The minimum Gasteiger partial charge on any atom is -0.477 e. The van der Waals surface area contributed by atoms with Gasteiger partial charge in [0, 0.05) is 10.1 Å². The van der Waals surface area contributed by atoms with Gasteiger partial charge in [0.05, 0.1) is 0 Å². The molecule has 0 radical (unpaired) electrons. The maximum Gasteiger partial charge on any atom is 0.348 e. The highest BCUT2D eigenvalue weighted by Gasteiger charge is 2.17. The van der Waals surface area contributed by atoms with Crippen molar-refractivity contribution in [3.63, 3.8) is 0 Å². The van der Waals surface area contributed by atoms with E-state index in [0.717, 1.165) is 23.3 Å². The van der Waals surface area contributed by atoms with Crippen molar-refractivity contribution in [2.45, 2.75) is 13.3 Å². The molecule has 0 amide bonds. The van der Waals surface area contributed by atoms with Gasteiger partial charge in [-0.25, -0.2) is 9.18 Å². The second-order valence-corrected chi connectivity index (χ2v) is 4.29. The van der Waals surface area contributed by atoms with Gasteiger partial charge in [0.2, 0.25) is 0 Å². The first-order chi connectivity index (χ1) is 7.13. The minimum absolute atomic E-state index is 0.210. The highest BCUT2D eigenvalue weighted by molar-refractivity contribution is 7.20. The maximum atomic E-state index is 13.6. The molecule has 78 valence electrons. The van der Waals surface area contributed by atoms with E-state index in [1.807, 2.05) is 13.0 Å². The lowest BCUT2D eigenvalue weighted by Crippen LogP contribution is -1.94. The van der Waals surface area contributed by atoms with Crippen LogP contribution in [-0.2, 0) is 6.42 Å². The first-order valence-electron chi connectivity index (χ1n) is 4.57. The SMILES string of the molecule is CCc1ccc2sc(C(=O)O)c(F)c2c1. The molecule has 15 heavy (non-hydrogen) atoms. The smallest absolute Gasteiger partial charge is 0.348 e. The molecule has 1 aromatic carbocycles. The van der Waals surface area contributed by atoms with Gasteiger partial charge in [0.1, 0.15) is 4.88 Å². The maximum absolute atomic E-state index is 13.6. The zero-order chi connectivity index (χ0) is 11.0. The first kappa shape index (κ1) is 10.1. The Morgan fingerprint density at radius 2 is 2.27 bits per heavy atom. The number of hydrogen-bond acceptors (Lipinski definition) is 2. The summed E-state index contributed by atoms with van der Waals surface area (Å²) in [5.74, 6) is -1.82. The Bertz CT molecular complexity index is 531. The molecule has 4 heteroatoms. The van der Waals surface area contributed by atoms with Gasteiger partial charge >= 0.3 is 5.97 Å². The number of aromatic carboxylic acids is 1. The Balaban J connectivity index is 2.72. The van der Waals surface area contributed by atoms with Crippen LogP contribution in [-0.4, -0.2) is 11.1 Å². The predicted octanol–water partition coefficient (Wildman–Crippen LogP) is 3.30. The number of carbonyl (C=O) groups is 1. The third kappa shape index (κ3) is 1.61. The van der Waals surface area contributed by atoms with Crippen LogP contribution in [0.1, 0.15) is 22.2 Å². The Morgan fingerprint density at radius 1 is 1.53 bits per heavy atom. The summed E-state index contributed by atoms with van der Waals surface area (Å²) < 4.78 is 14.3. The fourth-order valence-corrected chi connectivity index (χ4v) is 2.37. The number of rotatable bonds is 2. The molecule has 0 bridgehead atoms. The number of fused-ring (bicyclic) bond motifs is 1. The lowest BCUT2D eigenvalue weighted by Gasteiger charge is -1.95. The van der Waals surface area contributed by atoms with E-state index in [9.17, 15) is 9.18 Å². The van der Waals surface area contributed by atoms with Crippen molar-refractivity contribution in [2.75, 3.05) is 0 Å². The fraction of sp³-hybridized carbons (Fsp3) is 0.182. The van der Waals surface area contributed by atoms with Crippen molar-refractivity contribution in [1.82, 2.24) is 0 Å². The van der Waals surface area contributed by atoms with Crippen LogP contribution in [0, 0.1) is 5.82 Å². The van der Waals surface area contributed by atoms with E-state index in [1.165, 1.54) is 0 Å². The van der Waals surface area contributed by atoms with Gasteiger partial charge in [-0.1, -0.05) is 13.0 Å². The molecule has 0 unspecified atom stereocenters. The third-order valence-electron chi connectivity index (χ3n) is 2.29. The Hall–Kier alpha value is -1.42. The summed E-state index contributed by atoms with van der Waals surface area (Å²) in [6.45, 7) is 1.98. The summed E-state index contributed by atoms with van der Waals surface area (Å²) in [6.07, 6.45) is 0.813. The Labute approximate surface area is 90.0 Å². The van der Waals surface area contributed by atoms with Crippen molar-refractivity contribution in [2.24, 2.45) is 0 Å². The molecular weight excluding hydrogens is 215 g/mol. The number of carboxylic acid groups (broad SMARTS) is 1. The van der Waals surface area contributed by atoms with Crippen LogP contribution in [0.2, 0.25) is 0 Å². The molecule has 1 aromatic heterocycles. The van der Waals surface area contributed by atoms with E-state index >= 15 is 0 Å². The molecule has 1 N–H and O–H groups in total. The van der Waals surface area contributed by atoms with Gasteiger partial charge in [-0.3, -0.25) is 0 Å². The second kappa shape index (κ2) is 3.62. The molecule has 0 aliphatic carbocycles. The zero-order valence-electron chi connectivity index (χ0n) is 8.08. The van der Waals surface area contributed by atoms with Crippen LogP contribution in [0.15, 0.2) is 18.2 Å². The lowest BCUT2D eigenvalue weighted by molar-refractivity contribution is 0.0698. The number of hydrogen-bond donors (Lipinski definition) is 1. The summed E-state index contributed by atoms with van der Waals surface area (Å²) in [5.41, 5.74) is 1.01. The van der Waals surface area contributed by atoms with Gasteiger partial charge in [-0.15, -0.1) is 11.3 Å². The predicted molar refractivity (Wildman–Crippen MR) is 58.1 cm³/mol. The number of thiophene rings is 1. The van der Waals surface area contributed by atoms with E-state index in [0.29, 0.717) is 10.1 Å². The van der Waals surface area contributed by atoms with Crippen LogP contribution < -0.4 is 0 Å². The summed E-state index contributed by atoms with van der Waals surface area (Å²) in [6, 6.07) is 5.38. The molecule has 2 aromatic rings. The second-order valence-electron chi connectivity index (χ2n) is 3.23. The van der Waals surface area contributed by atoms with Gasteiger partial charge < -0.3 is 5.11 Å². The minimum atomic E-state index is -1.20. The molecule has 0 aliphatic heterocycles. The lowest BCUT2D eigenvalue weighted by atomic mass is 10.1. The van der Waals surface area contributed by atoms with Crippen molar-refractivity contribution < 1.29 is 14.3 Å². The normalized spacial score (nSPS) is 10.8. The third-order valence-corrected chi connectivity index (χ3v) is 3.43. The van der Waals surface area contributed by atoms with E-state index in [-0.39, 0.29) is 4.88 Å². The highest BCUT2D eigenvalue weighted by atomic mass is 32.1. The summed E-state index contributed by atoms with van der Waals surface area (Å²) in [4.78, 5) is 10.5. The quantitative estimate of drug-likeness (QED) is 0.849. The molecule has 2 nitrogen and oxygen atoms in total. The monoisotopic (exact) mass is 224 g/mol. The van der Waals surface area contributed by atoms with Crippen molar-refractivity contribution in [3.8, 4) is 0 Å². The van der Waals surface area contributed by atoms with Gasteiger partial charge in [-0.05, 0) is 24.1 Å². The van der Waals surface area contributed by atoms with Gasteiger partial charge in [0.25, 0.3) is 0 Å². The van der Waals surface area contributed by atoms with Crippen LogP contribution >= 0.6 is 11.3 Å². The molecule has 0 fully saturated rings. The topological polar surface area (TPSA) is 37.3 Å². The summed E-state index contributed by atoms with van der Waals surface area (Å²) in [7, 11) is 0. The van der Waals surface area contributed by atoms with Gasteiger partial charge in [0.15, 0.2) is 5.82 Å². The van der Waals surface area contributed by atoms with E-state index in [2.05, 4.69) is 0 Å². The fourth-order valence-electron chi connectivity index (χ4n) is 1.47. The Morgan fingerprint density at radius 3 is 2.87 bits per heavy atom. The molecular formula is C11H9FO2S. The van der Waals surface area contributed by atoms with Crippen molar-refractivity contribution in [1.29, 1.82) is 0 Å². The molecule has 2 rings (SSSR count). The van der Waals surface area contributed by atoms with Crippen LogP contribution in [0.5, 0.6) is 0 Å². The molecule has 0 saturated carbocycles. The van der Waals surface area contributed by atoms with E-state index in [1.54, 1.807) is 12.1 Å². The number of carboxylic acids is 1. The summed E-state index contributed by atoms with van der Waals surface area (Å²) in [5, 5.41) is 9.18. The van der Waals surface area contributed by atoms with Crippen molar-refractivity contribution >= 4 is 27.4 Å². The Kier molecular flexibility index (Phi) is 2.44. The largest absolute Gasteiger partial charge is 0.477 e. The highest BCUT2D eigenvalue weighted by Crippen LogP contribution is 2.30. The zero-order valence-corrected chi connectivity index (χ0v) is 8.90. The number of benzene rings is 1. The van der Waals surface area contributed by atoms with Crippen molar-refractivity contribution in [3.05, 3.63) is 34.5 Å². The van der Waals surface area contributed by atoms with E-state index in [4.69, 9.17) is 5.11 Å². The molecule has 0 aliphatic rings. The molecule has 0 spiro atoms. The molecule has 1 heterocycles. The van der Waals surface area contributed by atoms with Crippen LogP contribution in [0.25, 0.3) is 10.1 Å². The molecule has 0 saturated heterocycles. The van der Waals surface area contributed by atoms with Crippen LogP contribution in [0.3, 0.4) is 0 Å². The standard InChI is InChI=1S/C11H9FO2S/c1-2-6-3-4-8-7(5-6)9(12)10(15-8)11(13)14/h3-5H,2H2,1H3,(H,13,14). The number of halogens is 1. The van der Waals surface area contributed by atoms with E-state index < -0.39 is 11.8 Å². The number of aryl methyl sites for hydroxylation is 1. The first-order valence-corrected chi connectivity index (χ1v) is 5.39. The summed E-state index contributed by atoms with van der Waals surface area (Å²) >= 11 is 0.977. The van der Waals surface area contributed by atoms with Crippen LogP contribution in [0.4, 0.5) is 4.39 Å². The average molecular weight is 224 g/mol. The van der Waals surface area contributed by atoms with Gasteiger partial charge in [-0.2, -0.15) is 0 Å². The molecule has 0 atom stereocenters.